The summed E-state index contributed by atoms with van der Waals surface area (Å²) < 4.78 is 0. The van der Waals surface area contributed by atoms with Gasteiger partial charge in [-0.3, -0.25) is 4.79 Å². The number of benzene rings is 1. The highest BCUT2D eigenvalue weighted by Crippen LogP contribution is 2.37. The molecule has 110 valence electrons. The molecule has 0 saturated carbocycles. The lowest BCUT2D eigenvalue weighted by atomic mass is 9.88. The summed E-state index contributed by atoms with van der Waals surface area (Å²) in [5, 5.41) is 2.77. The minimum Gasteiger partial charge on any atom is -0.368 e. The minimum atomic E-state index is 0.0259. The monoisotopic (exact) mass is 274 g/mol. The van der Waals surface area contributed by atoms with Crippen molar-refractivity contribution in [1.29, 1.82) is 0 Å². The van der Waals surface area contributed by atoms with E-state index in [9.17, 15) is 4.79 Å². The second kappa shape index (κ2) is 6.29. The molecular formula is C17H26N2O. The SMILES string of the molecule is CCCC(C)c1c(C(=O)NC)cccc1N1CCC1C. The zero-order chi connectivity index (χ0) is 14.7. The van der Waals surface area contributed by atoms with Crippen molar-refractivity contribution in [3.63, 3.8) is 0 Å². The molecule has 1 amide bonds. The highest BCUT2D eigenvalue weighted by atomic mass is 16.1. The first-order valence-electron chi connectivity index (χ1n) is 7.71. The van der Waals surface area contributed by atoms with Crippen LogP contribution in [0.15, 0.2) is 18.2 Å². The Labute approximate surface area is 122 Å². The number of hydrogen-bond donors (Lipinski definition) is 1. The third-order valence-corrected chi connectivity index (χ3v) is 4.40. The number of carbonyl (C=O) groups is 1. The number of nitrogens with zero attached hydrogens (tertiary/aromatic N) is 1. The van der Waals surface area contributed by atoms with Crippen molar-refractivity contribution in [1.82, 2.24) is 5.32 Å². The van der Waals surface area contributed by atoms with Crippen LogP contribution < -0.4 is 10.2 Å². The van der Waals surface area contributed by atoms with Crippen molar-refractivity contribution >= 4 is 11.6 Å². The predicted molar refractivity (Wildman–Crippen MR) is 84.6 cm³/mol. The molecule has 1 aromatic carbocycles. The molecule has 2 unspecified atom stereocenters. The lowest BCUT2D eigenvalue weighted by molar-refractivity contribution is 0.0961. The molecule has 20 heavy (non-hydrogen) atoms. The molecular weight excluding hydrogens is 248 g/mol. The van der Waals surface area contributed by atoms with E-state index >= 15 is 0 Å². The number of carbonyl (C=O) groups excluding carboxylic acids is 1. The van der Waals surface area contributed by atoms with E-state index in [1.807, 2.05) is 12.1 Å². The van der Waals surface area contributed by atoms with Gasteiger partial charge in [-0.05, 0) is 43.4 Å². The maximum atomic E-state index is 12.2. The van der Waals surface area contributed by atoms with E-state index < -0.39 is 0 Å². The summed E-state index contributed by atoms with van der Waals surface area (Å²) >= 11 is 0. The van der Waals surface area contributed by atoms with Crippen LogP contribution >= 0.6 is 0 Å². The topological polar surface area (TPSA) is 32.3 Å². The van der Waals surface area contributed by atoms with Gasteiger partial charge in [0.2, 0.25) is 0 Å². The van der Waals surface area contributed by atoms with Crippen molar-refractivity contribution in [2.75, 3.05) is 18.5 Å². The zero-order valence-electron chi connectivity index (χ0n) is 13.1. The first kappa shape index (κ1) is 14.9. The van der Waals surface area contributed by atoms with Gasteiger partial charge in [0.25, 0.3) is 5.91 Å². The largest absolute Gasteiger partial charge is 0.368 e. The molecule has 0 aromatic heterocycles. The number of anilines is 1. The summed E-state index contributed by atoms with van der Waals surface area (Å²) in [6.07, 6.45) is 3.49. The van der Waals surface area contributed by atoms with Gasteiger partial charge in [-0.1, -0.05) is 26.3 Å². The Morgan fingerprint density at radius 3 is 2.75 bits per heavy atom. The molecule has 1 fully saturated rings. The Morgan fingerprint density at radius 1 is 1.50 bits per heavy atom. The van der Waals surface area contributed by atoms with Gasteiger partial charge in [-0.2, -0.15) is 0 Å². The van der Waals surface area contributed by atoms with Crippen LogP contribution in [0, 0.1) is 0 Å². The van der Waals surface area contributed by atoms with Crippen molar-refractivity contribution in [2.45, 2.75) is 52.0 Å². The highest BCUT2D eigenvalue weighted by Gasteiger charge is 2.29. The third-order valence-electron chi connectivity index (χ3n) is 4.40. The quantitative estimate of drug-likeness (QED) is 0.890. The number of amides is 1. The maximum absolute atomic E-state index is 12.2. The molecule has 0 aliphatic carbocycles. The number of hydrogen-bond acceptors (Lipinski definition) is 2. The summed E-state index contributed by atoms with van der Waals surface area (Å²) in [6.45, 7) is 7.79. The molecule has 1 saturated heterocycles. The molecule has 2 rings (SSSR count). The smallest absolute Gasteiger partial charge is 0.251 e. The zero-order valence-corrected chi connectivity index (χ0v) is 13.1. The number of rotatable bonds is 5. The van der Waals surface area contributed by atoms with Gasteiger partial charge in [0.1, 0.15) is 0 Å². The summed E-state index contributed by atoms with van der Waals surface area (Å²) in [5.74, 6) is 0.439. The Bertz CT molecular complexity index is 484. The molecule has 1 aliphatic rings. The summed E-state index contributed by atoms with van der Waals surface area (Å²) in [6, 6.07) is 6.72. The second-order valence-corrected chi connectivity index (χ2v) is 5.84. The Balaban J connectivity index is 2.47. The van der Waals surface area contributed by atoms with E-state index in [0.29, 0.717) is 12.0 Å². The average molecular weight is 274 g/mol. The van der Waals surface area contributed by atoms with E-state index in [1.165, 1.54) is 17.7 Å². The van der Waals surface area contributed by atoms with Crippen LogP contribution in [0.2, 0.25) is 0 Å². The Kier molecular flexibility index (Phi) is 4.69. The lowest BCUT2D eigenvalue weighted by Gasteiger charge is -2.43. The fraction of sp³-hybridized carbons (Fsp3) is 0.588. The predicted octanol–water partition coefficient (Wildman–Crippen LogP) is 3.55. The van der Waals surface area contributed by atoms with Gasteiger partial charge in [0, 0.05) is 30.9 Å². The van der Waals surface area contributed by atoms with Gasteiger partial charge in [0.05, 0.1) is 0 Å². The van der Waals surface area contributed by atoms with Crippen LogP contribution in [-0.4, -0.2) is 25.5 Å². The van der Waals surface area contributed by atoms with Crippen LogP contribution in [0.25, 0.3) is 0 Å². The molecule has 0 spiro atoms. The fourth-order valence-corrected chi connectivity index (χ4v) is 3.11. The van der Waals surface area contributed by atoms with Gasteiger partial charge in [-0.15, -0.1) is 0 Å². The molecule has 3 heteroatoms. The number of nitrogens with one attached hydrogen (secondary N) is 1. The van der Waals surface area contributed by atoms with E-state index in [4.69, 9.17) is 0 Å². The first-order valence-corrected chi connectivity index (χ1v) is 7.71. The highest BCUT2D eigenvalue weighted by molar-refractivity contribution is 5.97. The van der Waals surface area contributed by atoms with Crippen LogP contribution in [0.3, 0.4) is 0 Å². The van der Waals surface area contributed by atoms with Crippen molar-refractivity contribution in [3.05, 3.63) is 29.3 Å². The normalized spacial score (nSPS) is 19.4. The third kappa shape index (κ3) is 2.67. The van der Waals surface area contributed by atoms with E-state index in [2.05, 4.69) is 37.1 Å². The minimum absolute atomic E-state index is 0.0259. The van der Waals surface area contributed by atoms with E-state index in [1.54, 1.807) is 7.05 Å². The van der Waals surface area contributed by atoms with Crippen molar-refractivity contribution < 1.29 is 4.79 Å². The molecule has 1 N–H and O–H groups in total. The molecule has 1 aliphatic heterocycles. The standard InChI is InChI=1S/C17H26N2O/c1-5-7-12(2)16-14(17(20)18-4)8-6-9-15(16)19-11-10-13(19)3/h6,8-9,12-13H,5,7,10-11H2,1-4H3,(H,18,20). The van der Waals surface area contributed by atoms with Crippen molar-refractivity contribution in [3.8, 4) is 0 Å². The maximum Gasteiger partial charge on any atom is 0.251 e. The van der Waals surface area contributed by atoms with Crippen LogP contribution in [0.1, 0.15) is 61.9 Å². The van der Waals surface area contributed by atoms with E-state index in [0.717, 1.165) is 24.9 Å². The summed E-state index contributed by atoms with van der Waals surface area (Å²) in [4.78, 5) is 14.6. The van der Waals surface area contributed by atoms with Crippen LogP contribution in [0.4, 0.5) is 5.69 Å². The van der Waals surface area contributed by atoms with Gasteiger partial charge >= 0.3 is 0 Å². The first-order chi connectivity index (χ1) is 9.60. The fourth-order valence-electron chi connectivity index (χ4n) is 3.11. The molecule has 3 nitrogen and oxygen atoms in total. The molecule has 0 bridgehead atoms. The van der Waals surface area contributed by atoms with Crippen molar-refractivity contribution in [2.24, 2.45) is 0 Å². The van der Waals surface area contributed by atoms with Gasteiger partial charge in [-0.25, -0.2) is 0 Å². The van der Waals surface area contributed by atoms with Crippen LogP contribution in [0.5, 0.6) is 0 Å². The second-order valence-electron chi connectivity index (χ2n) is 5.84. The molecule has 0 radical (unpaired) electrons. The summed E-state index contributed by atoms with van der Waals surface area (Å²) in [7, 11) is 1.70. The van der Waals surface area contributed by atoms with Crippen LogP contribution in [-0.2, 0) is 0 Å². The molecule has 1 aromatic rings. The molecule has 1 heterocycles. The van der Waals surface area contributed by atoms with Gasteiger partial charge < -0.3 is 10.2 Å². The Morgan fingerprint density at radius 2 is 2.25 bits per heavy atom. The lowest BCUT2D eigenvalue weighted by Crippen LogP contribution is -2.46. The summed E-state index contributed by atoms with van der Waals surface area (Å²) in [5.41, 5.74) is 3.32. The average Bonchev–Trinajstić information content (AvgIpc) is 2.44. The van der Waals surface area contributed by atoms with E-state index in [-0.39, 0.29) is 5.91 Å². The molecule has 2 atom stereocenters. The van der Waals surface area contributed by atoms with Gasteiger partial charge in [0.15, 0.2) is 0 Å². The Hall–Kier alpha value is -1.51.